The van der Waals surface area contributed by atoms with Gasteiger partial charge in [-0.05, 0) is 30.3 Å². The average Bonchev–Trinajstić information content (AvgIpc) is 2.51. The van der Waals surface area contributed by atoms with Crippen molar-refractivity contribution in [1.29, 1.82) is 0 Å². The first kappa shape index (κ1) is 9.83. The van der Waals surface area contributed by atoms with E-state index in [1.54, 1.807) is 0 Å². The van der Waals surface area contributed by atoms with Crippen LogP contribution in [-0.4, -0.2) is 41.4 Å². The number of hydrogen-bond acceptors (Lipinski definition) is 3. The van der Waals surface area contributed by atoms with E-state index in [9.17, 15) is 9.59 Å². The van der Waals surface area contributed by atoms with E-state index in [1.165, 1.54) is 4.90 Å². The van der Waals surface area contributed by atoms with Crippen LogP contribution in [0.3, 0.4) is 0 Å². The molecule has 14 heavy (non-hydrogen) atoms. The molecular formula is C9H14N2O2S. The molecular weight excluding hydrogens is 200 g/mol. The largest absolute Gasteiger partial charge is 0.329 e. The summed E-state index contributed by atoms with van der Waals surface area (Å²) in [5.74, 6) is 2.76. The van der Waals surface area contributed by atoms with Crippen molar-refractivity contribution in [1.82, 2.24) is 10.2 Å². The van der Waals surface area contributed by atoms with Gasteiger partial charge in [-0.15, -0.1) is 0 Å². The third-order valence-corrected chi connectivity index (χ3v) is 3.77. The number of nitrogens with one attached hydrogen (secondary N) is 1. The van der Waals surface area contributed by atoms with Crippen LogP contribution in [0, 0.1) is 5.92 Å². The van der Waals surface area contributed by atoms with Crippen molar-refractivity contribution < 1.29 is 9.59 Å². The minimum atomic E-state index is -0.215. The summed E-state index contributed by atoms with van der Waals surface area (Å²) in [6.07, 6.45) is 2.25. The number of urea groups is 1. The highest BCUT2D eigenvalue weighted by Crippen LogP contribution is 2.23. The number of amides is 3. The standard InChI is InChI=1S/C9H14N2O2S/c12-8-5-10-9(13)11(8)6-7-1-3-14-4-2-7/h7H,1-6H2,(H,10,13). The molecule has 2 fully saturated rings. The van der Waals surface area contributed by atoms with Gasteiger partial charge in [0.25, 0.3) is 0 Å². The van der Waals surface area contributed by atoms with Crippen molar-refractivity contribution in [3.63, 3.8) is 0 Å². The lowest BCUT2D eigenvalue weighted by atomic mass is 10.0. The Morgan fingerprint density at radius 1 is 1.36 bits per heavy atom. The molecule has 78 valence electrons. The normalized spacial score (nSPS) is 24.1. The van der Waals surface area contributed by atoms with E-state index < -0.39 is 0 Å². The molecule has 5 heteroatoms. The highest BCUT2D eigenvalue weighted by Gasteiger charge is 2.30. The van der Waals surface area contributed by atoms with Crippen LogP contribution in [0.5, 0.6) is 0 Å². The zero-order valence-electron chi connectivity index (χ0n) is 7.99. The Balaban J connectivity index is 1.89. The lowest BCUT2D eigenvalue weighted by Crippen LogP contribution is -2.36. The monoisotopic (exact) mass is 214 g/mol. The van der Waals surface area contributed by atoms with Crippen LogP contribution in [0.1, 0.15) is 12.8 Å². The Bertz CT molecular complexity index is 235. The first-order chi connectivity index (χ1) is 6.77. The summed E-state index contributed by atoms with van der Waals surface area (Å²) in [6.45, 7) is 0.797. The summed E-state index contributed by atoms with van der Waals surface area (Å²) in [4.78, 5) is 23.9. The van der Waals surface area contributed by atoms with E-state index in [0.29, 0.717) is 12.5 Å². The van der Waals surface area contributed by atoms with Gasteiger partial charge < -0.3 is 5.32 Å². The number of nitrogens with zero attached hydrogens (tertiary/aromatic N) is 1. The van der Waals surface area contributed by atoms with Gasteiger partial charge in [0.1, 0.15) is 0 Å². The Morgan fingerprint density at radius 2 is 2.07 bits per heavy atom. The lowest BCUT2D eigenvalue weighted by molar-refractivity contribution is -0.125. The molecule has 2 aliphatic rings. The molecule has 0 aliphatic carbocycles. The smallest absolute Gasteiger partial charge is 0.324 e. The summed E-state index contributed by atoms with van der Waals surface area (Å²) < 4.78 is 0. The van der Waals surface area contributed by atoms with Crippen molar-refractivity contribution in [2.75, 3.05) is 24.6 Å². The molecule has 0 unspecified atom stereocenters. The van der Waals surface area contributed by atoms with Gasteiger partial charge in [0, 0.05) is 6.54 Å². The SMILES string of the molecule is O=C1CNC(=O)N1CC1CCSCC1. The van der Waals surface area contributed by atoms with E-state index in [2.05, 4.69) is 5.32 Å². The Kier molecular flexibility index (Phi) is 2.96. The van der Waals surface area contributed by atoms with Crippen LogP contribution < -0.4 is 5.32 Å². The van der Waals surface area contributed by atoms with E-state index in [0.717, 1.165) is 24.3 Å². The minimum Gasteiger partial charge on any atom is -0.329 e. The Hall–Kier alpha value is -0.710. The van der Waals surface area contributed by atoms with Gasteiger partial charge in [0.2, 0.25) is 5.91 Å². The van der Waals surface area contributed by atoms with Crippen molar-refractivity contribution in [2.45, 2.75) is 12.8 Å². The molecule has 3 amide bonds. The number of imide groups is 1. The second-order valence-electron chi connectivity index (χ2n) is 3.72. The summed E-state index contributed by atoms with van der Waals surface area (Å²) in [5, 5.41) is 2.54. The molecule has 0 bridgehead atoms. The number of carbonyl (C=O) groups is 2. The van der Waals surface area contributed by atoms with Gasteiger partial charge in [-0.2, -0.15) is 11.8 Å². The summed E-state index contributed by atoms with van der Waals surface area (Å²) >= 11 is 1.95. The average molecular weight is 214 g/mol. The van der Waals surface area contributed by atoms with Crippen LogP contribution >= 0.6 is 11.8 Å². The van der Waals surface area contributed by atoms with E-state index in [-0.39, 0.29) is 18.5 Å². The van der Waals surface area contributed by atoms with Crippen molar-refractivity contribution in [3.05, 3.63) is 0 Å². The van der Waals surface area contributed by atoms with Crippen LogP contribution in [0.25, 0.3) is 0 Å². The molecule has 2 heterocycles. The predicted octanol–water partition coefficient (Wildman–Crippen LogP) is 0.681. The number of thioether (sulfide) groups is 1. The van der Waals surface area contributed by atoms with E-state index in [1.807, 2.05) is 11.8 Å². The highest BCUT2D eigenvalue weighted by atomic mass is 32.2. The quantitative estimate of drug-likeness (QED) is 0.688. The molecule has 0 aromatic carbocycles. The summed E-state index contributed by atoms with van der Waals surface area (Å²) in [7, 11) is 0. The van der Waals surface area contributed by atoms with Crippen molar-refractivity contribution >= 4 is 23.7 Å². The van der Waals surface area contributed by atoms with Crippen LogP contribution in [0.4, 0.5) is 4.79 Å². The molecule has 0 spiro atoms. The zero-order chi connectivity index (χ0) is 9.97. The molecule has 1 N–H and O–H groups in total. The third-order valence-electron chi connectivity index (χ3n) is 2.72. The fourth-order valence-electron chi connectivity index (χ4n) is 1.83. The summed E-state index contributed by atoms with van der Waals surface area (Å²) in [5.41, 5.74) is 0. The Labute approximate surface area is 87.4 Å². The van der Waals surface area contributed by atoms with Crippen molar-refractivity contribution in [3.8, 4) is 0 Å². The first-order valence-corrected chi connectivity index (χ1v) is 6.09. The van der Waals surface area contributed by atoms with Crippen LogP contribution in [-0.2, 0) is 4.79 Å². The maximum atomic E-state index is 11.3. The lowest BCUT2D eigenvalue weighted by Gasteiger charge is -2.24. The second-order valence-corrected chi connectivity index (χ2v) is 4.94. The molecule has 2 rings (SSSR count). The molecule has 2 aliphatic heterocycles. The van der Waals surface area contributed by atoms with Crippen molar-refractivity contribution in [2.24, 2.45) is 5.92 Å². The van der Waals surface area contributed by atoms with Gasteiger partial charge in [0.15, 0.2) is 0 Å². The number of rotatable bonds is 2. The molecule has 0 aromatic rings. The maximum absolute atomic E-state index is 11.3. The highest BCUT2D eigenvalue weighted by molar-refractivity contribution is 7.99. The molecule has 0 atom stereocenters. The fourth-order valence-corrected chi connectivity index (χ4v) is 3.03. The number of hydrogen-bond donors (Lipinski definition) is 1. The molecule has 0 radical (unpaired) electrons. The van der Waals surface area contributed by atoms with Gasteiger partial charge in [-0.25, -0.2) is 4.79 Å². The van der Waals surface area contributed by atoms with Gasteiger partial charge in [0.05, 0.1) is 6.54 Å². The molecule has 0 saturated carbocycles. The van der Waals surface area contributed by atoms with Crippen LogP contribution in [0.15, 0.2) is 0 Å². The minimum absolute atomic E-state index is 0.0757. The van der Waals surface area contributed by atoms with Gasteiger partial charge in [-0.1, -0.05) is 0 Å². The number of carbonyl (C=O) groups excluding carboxylic acids is 2. The van der Waals surface area contributed by atoms with E-state index >= 15 is 0 Å². The maximum Gasteiger partial charge on any atom is 0.324 e. The second kappa shape index (κ2) is 4.21. The van der Waals surface area contributed by atoms with Gasteiger partial charge in [-0.3, -0.25) is 9.69 Å². The fraction of sp³-hybridized carbons (Fsp3) is 0.778. The summed E-state index contributed by atoms with van der Waals surface area (Å²) in [6, 6.07) is -0.215. The topological polar surface area (TPSA) is 49.4 Å². The third kappa shape index (κ3) is 2.03. The zero-order valence-corrected chi connectivity index (χ0v) is 8.81. The van der Waals surface area contributed by atoms with E-state index in [4.69, 9.17) is 0 Å². The first-order valence-electron chi connectivity index (χ1n) is 4.93. The van der Waals surface area contributed by atoms with Gasteiger partial charge >= 0.3 is 6.03 Å². The molecule has 4 nitrogen and oxygen atoms in total. The molecule has 2 saturated heterocycles. The predicted molar refractivity (Wildman–Crippen MR) is 55.2 cm³/mol. The Morgan fingerprint density at radius 3 is 2.64 bits per heavy atom. The molecule has 0 aromatic heterocycles. The van der Waals surface area contributed by atoms with Crippen LogP contribution in [0.2, 0.25) is 0 Å².